The number of methoxy groups -OCH3 is 1. The molecule has 2 rings (SSSR count). The first kappa shape index (κ1) is 14.9. The van der Waals surface area contributed by atoms with Crippen LogP contribution in [0.1, 0.15) is 30.4 Å². The number of carbonyl (C=O) groups is 1. The first-order valence-corrected chi connectivity index (χ1v) is 7.44. The third-order valence-electron chi connectivity index (χ3n) is 3.39. The summed E-state index contributed by atoms with van der Waals surface area (Å²) in [4.78, 5) is 12.0. The first-order chi connectivity index (χ1) is 9.52. The minimum absolute atomic E-state index is 0.386. The summed E-state index contributed by atoms with van der Waals surface area (Å²) in [6, 6.07) is 5.44. The van der Waals surface area contributed by atoms with Gasteiger partial charge in [-0.1, -0.05) is 12.1 Å². The van der Waals surface area contributed by atoms with Gasteiger partial charge in [-0.25, -0.2) is 0 Å². The molecular formula is C15H18O4S. The Kier molecular flexibility index (Phi) is 4.73. The molecule has 1 aromatic rings. The van der Waals surface area contributed by atoms with E-state index in [1.165, 1.54) is 7.11 Å². The molecule has 2 N–H and O–H groups in total. The Balaban J connectivity index is 2.32. The first-order valence-electron chi connectivity index (χ1n) is 6.46. The zero-order valence-electron chi connectivity index (χ0n) is 11.5. The summed E-state index contributed by atoms with van der Waals surface area (Å²) in [5.74, 6) is -0.000783. The molecule has 20 heavy (non-hydrogen) atoms. The maximum atomic E-state index is 11.1. The van der Waals surface area contributed by atoms with Gasteiger partial charge in [0.25, 0.3) is 0 Å². The van der Waals surface area contributed by atoms with Crippen LogP contribution in [0.15, 0.2) is 23.1 Å². The Morgan fingerprint density at radius 2 is 2.30 bits per heavy atom. The highest BCUT2D eigenvalue weighted by Crippen LogP contribution is 2.34. The molecule has 108 valence electrons. The number of thioether (sulfide) groups is 1. The number of aliphatic hydroxyl groups excluding tert-OH is 1. The van der Waals surface area contributed by atoms with E-state index >= 15 is 0 Å². The van der Waals surface area contributed by atoms with Gasteiger partial charge in [0.05, 0.1) is 19.1 Å². The van der Waals surface area contributed by atoms with E-state index in [1.807, 2.05) is 18.2 Å². The average Bonchev–Trinajstić information content (AvgIpc) is 2.83. The topological polar surface area (TPSA) is 66.8 Å². The zero-order chi connectivity index (χ0) is 14.7. The van der Waals surface area contributed by atoms with Crippen LogP contribution in [0, 0.1) is 0 Å². The molecule has 5 heteroatoms. The second-order valence-corrected chi connectivity index (χ2v) is 5.93. The Morgan fingerprint density at radius 3 is 2.85 bits per heavy atom. The molecule has 1 heterocycles. The molecule has 1 aliphatic heterocycles. The number of aliphatic carboxylic acids is 1. The van der Waals surface area contributed by atoms with Gasteiger partial charge in [-0.3, -0.25) is 4.79 Å². The van der Waals surface area contributed by atoms with Crippen molar-refractivity contribution >= 4 is 23.8 Å². The van der Waals surface area contributed by atoms with Crippen LogP contribution < -0.4 is 4.74 Å². The summed E-state index contributed by atoms with van der Waals surface area (Å²) >= 11 is 1.65. The van der Waals surface area contributed by atoms with Crippen LogP contribution in [-0.2, 0) is 4.79 Å². The van der Waals surface area contributed by atoms with Crippen LogP contribution in [0.25, 0.3) is 6.08 Å². The fourth-order valence-corrected chi connectivity index (χ4v) is 3.24. The Morgan fingerprint density at radius 1 is 1.55 bits per heavy atom. The van der Waals surface area contributed by atoms with Crippen LogP contribution in [0.3, 0.4) is 0 Å². The molecule has 1 saturated heterocycles. The molecule has 0 saturated carbocycles. The molecule has 1 fully saturated rings. The maximum Gasteiger partial charge on any atom is 0.310 e. The summed E-state index contributed by atoms with van der Waals surface area (Å²) in [5.41, 5.74) is 1.56. The monoisotopic (exact) mass is 294 g/mol. The van der Waals surface area contributed by atoms with Crippen LogP contribution >= 0.6 is 11.8 Å². The van der Waals surface area contributed by atoms with Gasteiger partial charge >= 0.3 is 5.97 Å². The Bertz CT molecular complexity index is 539. The molecule has 0 aromatic heterocycles. The van der Waals surface area contributed by atoms with E-state index in [2.05, 4.69) is 0 Å². The lowest BCUT2D eigenvalue weighted by atomic mass is 9.98. The summed E-state index contributed by atoms with van der Waals surface area (Å²) in [5, 5.41) is 18.9. The normalized spacial score (nSPS) is 21.9. The fourth-order valence-electron chi connectivity index (χ4n) is 2.14. The molecular weight excluding hydrogens is 276 g/mol. The smallest absolute Gasteiger partial charge is 0.310 e. The Labute approximate surface area is 122 Å². The van der Waals surface area contributed by atoms with Crippen molar-refractivity contribution in [3.8, 4) is 5.75 Å². The second-order valence-electron chi connectivity index (χ2n) is 4.76. The lowest BCUT2D eigenvalue weighted by Crippen LogP contribution is -2.09. The van der Waals surface area contributed by atoms with E-state index in [9.17, 15) is 9.90 Å². The van der Waals surface area contributed by atoms with Gasteiger partial charge in [0, 0.05) is 16.2 Å². The molecule has 4 nitrogen and oxygen atoms in total. The van der Waals surface area contributed by atoms with Gasteiger partial charge in [-0.05, 0) is 31.1 Å². The van der Waals surface area contributed by atoms with Gasteiger partial charge in [0.15, 0.2) is 0 Å². The standard InChI is InChI=1S/C15H18O4S/c1-9(15(17)18)11-4-3-10(7-13(11)19-2)8-14-12(16)5-6-20-14/h3-4,7-9,12,16H,5-6H2,1-2H3,(H,17,18)/b14-8-. The highest BCUT2D eigenvalue weighted by Gasteiger charge is 2.20. The van der Waals surface area contributed by atoms with Gasteiger partial charge in [-0.15, -0.1) is 11.8 Å². The van der Waals surface area contributed by atoms with Crippen molar-refractivity contribution in [2.24, 2.45) is 0 Å². The third-order valence-corrected chi connectivity index (χ3v) is 4.55. The zero-order valence-corrected chi connectivity index (χ0v) is 12.3. The van der Waals surface area contributed by atoms with Gasteiger partial charge in [-0.2, -0.15) is 0 Å². The van der Waals surface area contributed by atoms with Crippen molar-refractivity contribution in [3.05, 3.63) is 34.2 Å². The van der Waals surface area contributed by atoms with Crippen LogP contribution in [-0.4, -0.2) is 35.1 Å². The quantitative estimate of drug-likeness (QED) is 0.893. The number of aliphatic hydroxyl groups is 1. The summed E-state index contributed by atoms with van der Waals surface area (Å²) < 4.78 is 5.29. The van der Waals surface area contributed by atoms with Crippen LogP contribution in [0.5, 0.6) is 5.75 Å². The molecule has 0 aliphatic carbocycles. The lowest BCUT2D eigenvalue weighted by molar-refractivity contribution is -0.138. The SMILES string of the molecule is COc1cc(/C=C2\SCCC2O)ccc1C(C)C(=O)O. The lowest BCUT2D eigenvalue weighted by Gasteiger charge is -2.13. The largest absolute Gasteiger partial charge is 0.496 e. The second kappa shape index (κ2) is 6.33. The number of carboxylic acid groups (broad SMARTS) is 1. The van der Waals surface area contributed by atoms with E-state index in [4.69, 9.17) is 9.84 Å². The number of hydrogen-bond acceptors (Lipinski definition) is 4. The number of hydrogen-bond donors (Lipinski definition) is 2. The number of benzene rings is 1. The summed E-state index contributed by atoms with van der Waals surface area (Å²) in [6.07, 6.45) is 2.32. The fraction of sp³-hybridized carbons (Fsp3) is 0.400. The van der Waals surface area contributed by atoms with Crippen LogP contribution in [0.2, 0.25) is 0 Å². The molecule has 2 unspecified atom stereocenters. The Hall–Kier alpha value is -1.46. The van der Waals surface area contributed by atoms with Crippen molar-refractivity contribution in [3.63, 3.8) is 0 Å². The average molecular weight is 294 g/mol. The van der Waals surface area contributed by atoms with Gasteiger partial charge in [0.1, 0.15) is 5.75 Å². The highest BCUT2D eigenvalue weighted by molar-refractivity contribution is 8.03. The van der Waals surface area contributed by atoms with E-state index < -0.39 is 11.9 Å². The van der Waals surface area contributed by atoms with Gasteiger partial charge in [0.2, 0.25) is 0 Å². The summed E-state index contributed by atoms with van der Waals surface area (Å²) in [6.45, 7) is 1.63. The summed E-state index contributed by atoms with van der Waals surface area (Å²) in [7, 11) is 1.53. The number of rotatable bonds is 4. The molecule has 0 radical (unpaired) electrons. The third kappa shape index (κ3) is 3.16. The molecule has 0 bridgehead atoms. The van der Waals surface area contributed by atoms with E-state index in [-0.39, 0.29) is 6.10 Å². The van der Waals surface area contributed by atoms with Crippen molar-refractivity contribution in [1.82, 2.24) is 0 Å². The van der Waals surface area contributed by atoms with E-state index in [0.29, 0.717) is 11.3 Å². The number of ether oxygens (including phenoxy) is 1. The van der Waals surface area contributed by atoms with E-state index in [0.717, 1.165) is 22.6 Å². The molecule has 1 aromatic carbocycles. The molecule has 0 spiro atoms. The van der Waals surface area contributed by atoms with E-state index in [1.54, 1.807) is 24.8 Å². The molecule has 1 aliphatic rings. The van der Waals surface area contributed by atoms with Gasteiger partial charge < -0.3 is 14.9 Å². The molecule has 2 atom stereocenters. The minimum atomic E-state index is -0.879. The molecule has 0 amide bonds. The predicted octanol–water partition coefficient (Wildman–Crippen LogP) is 2.72. The predicted molar refractivity (Wildman–Crippen MR) is 80.1 cm³/mol. The highest BCUT2D eigenvalue weighted by atomic mass is 32.2. The van der Waals surface area contributed by atoms with Crippen LogP contribution in [0.4, 0.5) is 0 Å². The number of carboxylic acids is 1. The van der Waals surface area contributed by atoms with Crippen molar-refractivity contribution in [2.75, 3.05) is 12.9 Å². The van der Waals surface area contributed by atoms with Crippen molar-refractivity contribution in [2.45, 2.75) is 25.4 Å². The minimum Gasteiger partial charge on any atom is -0.496 e. The van der Waals surface area contributed by atoms with Crippen molar-refractivity contribution in [1.29, 1.82) is 0 Å². The van der Waals surface area contributed by atoms with Crippen molar-refractivity contribution < 1.29 is 19.7 Å². The maximum absolute atomic E-state index is 11.1.